The predicted molar refractivity (Wildman–Crippen MR) is 77.6 cm³/mol. The van der Waals surface area contributed by atoms with Crippen LogP contribution in [0.2, 0.25) is 0 Å². The molecule has 0 aliphatic carbocycles. The number of carbonyl (C=O) groups is 2. The number of carboxylic acid groups (broad SMARTS) is 1. The SMILES string of the molecule is CC1(OCC(=O)O)CN(C(=O)c2cc(Br)c(Br)s2)C1. The molecule has 0 spiro atoms. The van der Waals surface area contributed by atoms with Crippen molar-refractivity contribution in [1.29, 1.82) is 0 Å². The Morgan fingerprint density at radius 1 is 1.53 bits per heavy atom. The first-order valence-corrected chi connectivity index (χ1v) is 7.81. The quantitative estimate of drug-likeness (QED) is 0.825. The van der Waals surface area contributed by atoms with Gasteiger partial charge in [0.15, 0.2) is 0 Å². The second-order valence-electron chi connectivity index (χ2n) is 4.53. The third-order valence-corrected chi connectivity index (χ3v) is 5.98. The number of hydrogen-bond acceptors (Lipinski definition) is 4. The molecule has 2 rings (SSSR count). The number of rotatable bonds is 4. The molecule has 1 aromatic rings. The number of amides is 1. The monoisotopic (exact) mass is 411 g/mol. The lowest BCUT2D eigenvalue weighted by molar-refractivity contribution is -0.159. The first kappa shape index (κ1) is 15.0. The number of ether oxygens (including phenoxy) is 1. The maximum absolute atomic E-state index is 12.1. The second kappa shape index (κ2) is 5.51. The predicted octanol–water partition coefficient (Wildman–Crippen LogP) is 2.59. The highest BCUT2D eigenvalue weighted by Crippen LogP contribution is 2.35. The van der Waals surface area contributed by atoms with Gasteiger partial charge in [-0.25, -0.2) is 4.79 Å². The highest BCUT2D eigenvalue weighted by molar-refractivity contribution is 9.13. The molecule has 1 saturated heterocycles. The van der Waals surface area contributed by atoms with E-state index in [1.54, 1.807) is 17.9 Å². The van der Waals surface area contributed by atoms with E-state index in [1.807, 2.05) is 0 Å². The molecule has 1 aliphatic heterocycles. The lowest BCUT2D eigenvalue weighted by atomic mass is 9.96. The molecule has 0 atom stereocenters. The Hall–Kier alpha value is -0.440. The second-order valence-corrected chi connectivity index (χ2v) is 7.75. The van der Waals surface area contributed by atoms with Crippen LogP contribution in [0.15, 0.2) is 14.3 Å². The van der Waals surface area contributed by atoms with Gasteiger partial charge in [-0.1, -0.05) is 0 Å². The summed E-state index contributed by atoms with van der Waals surface area (Å²) in [5.41, 5.74) is -0.556. The van der Waals surface area contributed by atoms with E-state index in [2.05, 4.69) is 31.9 Å². The number of nitrogens with zero attached hydrogens (tertiary/aromatic N) is 1. The van der Waals surface area contributed by atoms with Crippen LogP contribution in [0.4, 0.5) is 0 Å². The molecule has 1 aliphatic rings. The van der Waals surface area contributed by atoms with Gasteiger partial charge in [0.25, 0.3) is 5.91 Å². The topological polar surface area (TPSA) is 66.8 Å². The number of carboxylic acids is 1. The number of aliphatic carboxylic acids is 1. The summed E-state index contributed by atoms with van der Waals surface area (Å²) in [4.78, 5) is 24.9. The first-order valence-electron chi connectivity index (χ1n) is 5.40. The summed E-state index contributed by atoms with van der Waals surface area (Å²) < 4.78 is 6.99. The molecule has 0 unspecified atom stereocenters. The molecule has 0 bridgehead atoms. The fraction of sp³-hybridized carbons (Fsp3) is 0.455. The molecule has 1 aromatic heterocycles. The van der Waals surface area contributed by atoms with E-state index >= 15 is 0 Å². The van der Waals surface area contributed by atoms with Crippen molar-refractivity contribution in [2.45, 2.75) is 12.5 Å². The standard InChI is InChI=1S/C11H11Br2NO4S/c1-11(18-3-8(15)16)4-14(5-11)10(17)7-2-6(12)9(13)19-7/h2H,3-5H2,1H3,(H,15,16). The number of hydrogen-bond donors (Lipinski definition) is 1. The number of halogens is 2. The molecule has 2 heterocycles. The zero-order valence-electron chi connectivity index (χ0n) is 9.98. The molecule has 19 heavy (non-hydrogen) atoms. The van der Waals surface area contributed by atoms with Crippen LogP contribution in [0.3, 0.4) is 0 Å². The minimum atomic E-state index is -1.00. The average Bonchev–Trinajstić information content (AvgIpc) is 2.62. The van der Waals surface area contributed by atoms with Crippen molar-refractivity contribution in [2.24, 2.45) is 0 Å². The normalized spacial score (nSPS) is 17.1. The molecule has 104 valence electrons. The molecule has 1 N–H and O–H groups in total. The van der Waals surface area contributed by atoms with Gasteiger partial charge in [0.1, 0.15) is 12.2 Å². The summed E-state index contributed by atoms with van der Waals surface area (Å²) in [6.45, 7) is 2.28. The van der Waals surface area contributed by atoms with Crippen LogP contribution >= 0.6 is 43.2 Å². The smallest absolute Gasteiger partial charge is 0.329 e. The fourth-order valence-corrected chi connectivity index (χ4v) is 3.84. The van der Waals surface area contributed by atoms with E-state index in [1.165, 1.54) is 11.3 Å². The van der Waals surface area contributed by atoms with Gasteiger partial charge in [0.2, 0.25) is 0 Å². The minimum Gasteiger partial charge on any atom is -0.480 e. The van der Waals surface area contributed by atoms with Gasteiger partial charge in [0, 0.05) is 4.47 Å². The van der Waals surface area contributed by atoms with Crippen LogP contribution in [-0.2, 0) is 9.53 Å². The molecule has 0 aromatic carbocycles. The summed E-state index contributed by atoms with van der Waals surface area (Å²) in [6, 6.07) is 1.77. The highest BCUT2D eigenvalue weighted by atomic mass is 79.9. The summed E-state index contributed by atoms with van der Waals surface area (Å²) in [7, 11) is 0. The van der Waals surface area contributed by atoms with Gasteiger partial charge in [-0.15, -0.1) is 11.3 Å². The summed E-state index contributed by atoms with van der Waals surface area (Å²) in [5.74, 6) is -1.06. The Morgan fingerprint density at radius 3 is 2.63 bits per heavy atom. The molecule has 1 fully saturated rings. The zero-order valence-corrected chi connectivity index (χ0v) is 14.0. The number of likely N-dealkylation sites (tertiary alicyclic amines) is 1. The minimum absolute atomic E-state index is 0.0622. The Morgan fingerprint density at radius 2 is 2.16 bits per heavy atom. The zero-order chi connectivity index (χ0) is 14.2. The van der Waals surface area contributed by atoms with Gasteiger partial charge >= 0.3 is 5.97 Å². The molecule has 1 amide bonds. The van der Waals surface area contributed by atoms with Gasteiger partial charge in [-0.2, -0.15) is 0 Å². The number of carbonyl (C=O) groups excluding carboxylic acids is 1. The molecule has 0 radical (unpaired) electrons. The Labute approximate surface area is 130 Å². The molecule has 8 heteroatoms. The van der Waals surface area contributed by atoms with Crippen molar-refractivity contribution >= 4 is 55.1 Å². The Bertz CT molecular complexity index is 505. The molecular formula is C11H11Br2NO4S. The van der Waals surface area contributed by atoms with Crippen LogP contribution in [0, 0.1) is 0 Å². The van der Waals surface area contributed by atoms with E-state index < -0.39 is 11.6 Å². The van der Waals surface area contributed by atoms with E-state index in [0.29, 0.717) is 18.0 Å². The van der Waals surface area contributed by atoms with E-state index in [-0.39, 0.29) is 12.5 Å². The maximum Gasteiger partial charge on any atom is 0.329 e. The fourth-order valence-electron chi connectivity index (χ4n) is 1.84. The number of thiophene rings is 1. The van der Waals surface area contributed by atoms with Crippen molar-refractivity contribution < 1.29 is 19.4 Å². The van der Waals surface area contributed by atoms with E-state index in [4.69, 9.17) is 9.84 Å². The van der Waals surface area contributed by atoms with E-state index in [9.17, 15) is 9.59 Å². The third-order valence-electron chi connectivity index (χ3n) is 2.74. The Kier molecular flexibility index (Phi) is 4.34. The summed E-state index contributed by atoms with van der Waals surface area (Å²) in [6.07, 6.45) is 0. The Balaban J connectivity index is 1.93. The van der Waals surface area contributed by atoms with Gasteiger partial charge in [-0.05, 0) is 44.8 Å². The van der Waals surface area contributed by atoms with Crippen molar-refractivity contribution in [3.8, 4) is 0 Å². The van der Waals surface area contributed by atoms with Crippen molar-refractivity contribution in [3.05, 3.63) is 19.2 Å². The van der Waals surface area contributed by atoms with Gasteiger partial charge < -0.3 is 14.7 Å². The van der Waals surface area contributed by atoms with E-state index in [0.717, 1.165) is 8.26 Å². The van der Waals surface area contributed by atoms with Crippen molar-refractivity contribution in [1.82, 2.24) is 4.90 Å². The highest BCUT2D eigenvalue weighted by Gasteiger charge is 2.43. The van der Waals surface area contributed by atoms with Crippen LogP contribution in [0.5, 0.6) is 0 Å². The lowest BCUT2D eigenvalue weighted by Crippen LogP contribution is -2.63. The van der Waals surface area contributed by atoms with Crippen LogP contribution in [-0.4, -0.2) is 47.2 Å². The van der Waals surface area contributed by atoms with Crippen LogP contribution in [0.1, 0.15) is 16.6 Å². The summed E-state index contributed by atoms with van der Waals surface area (Å²) in [5, 5.41) is 8.57. The summed E-state index contributed by atoms with van der Waals surface area (Å²) >= 11 is 8.05. The van der Waals surface area contributed by atoms with Gasteiger partial charge in [0.05, 0.1) is 21.8 Å². The molecule has 5 nitrogen and oxygen atoms in total. The van der Waals surface area contributed by atoms with Crippen molar-refractivity contribution in [3.63, 3.8) is 0 Å². The van der Waals surface area contributed by atoms with Crippen LogP contribution < -0.4 is 0 Å². The van der Waals surface area contributed by atoms with Crippen molar-refractivity contribution in [2.75, 3.05) is 19.7 Å². The van der Waals surface area contributed by atoms with Gasteiger partial charge in [-0.3, -0.25) is 4.79 Å². The first-order chi connectivity index (χ1) is 8.81. The maximum atomic E-state index is 12.1. The molecular weight excluding hydrogens is 402 g/mol. The molecule has 0 saturated carbocycles. The lowest BCUT2D eigenvalue weighted by Gasteiger charge is -2.47. The van der Waals surface area contributed by atoms with Crippen LogP contribution in [0.25, 0.3) is 0 Å². The largest absolute Gasteiger partial charge is 0.480 e. The average molecular weight is 413 g/mol. The third kappa shape index (κ3) is 3.36.